The molecule has 9 heteroatoms. The van der Waals surface area contributed by atoms with Gasteiger partial charge in [-0.25, -0.2) is 14.8 Å². The molecule has 0 atom stereocenters. The van der Waals surface area contributed by atoms with E-state index in [-0.39, 0.29) is 11.5 Å². The second kappa shape index (κ2) is 9.43. The van der Waals surface area contributed by atoms with Crippen LogP contribution in [0.1, 0.15) is 47.3 Å². The average Bonchev–Trinajstić information content (AvgIpc) is 3.61. The molecule has 4 heterocycles. The first-order valence-corrected chi connectivity index (χ1v) is 11.5. The van der Waals surface area contributed by atoms with Crippen LogP contribution in [0.3, 0.4) is 0 Å². The van der Waals surface area contributed by atoms with Gasteiger partial charge in [-0.15, -0.1) is 0 Å². The third-order valence-electron chi connectivity index (χ3n) is 5.71. The van der Waals surface area contributed by atoms with Gasteiger partial charge in [0, 0.05) is 42.7 Å². The summed E-state index contributed by atoms with van der Waals surface area (Å²) in [4.78, 5) is 34.1. The number of hydrogen-bond donors (Lipinski definition) is 0. The van der Waals surface area contributed by atoms with E-state index in [4.69, 9.17) is 9.73 Å². The summed E-state index contributed by atoms with van der Waals surface area (Å²) in [5, 5.41) is 4.40. The number of imidazole rings is 1. The van der Waals surface area contributed by atoms with Crippen LogP contribution in [-0.4, -0.2) is 42.0 Å². The Bertz CT molecular complexity index is 1580. The number of rotatable bonds is 6. The lowest BCUT2D eigenvalue weighted by Crippen LogP contribution is -2.26. The first kappa shape index (κ1) is 22.3. The fraction of sp³-hybridized carbons (Fsp3) is 0.269. The molecule has 0 radical (unpaired) electrons. The second-order valence-corrected chi connectivity index (χ2v) is 8.12. The highest BCUT2D eigenvalue weighted by Gasteiger charge is 2.25. The highest BCUT2D eigenvalue weighted by Crippen LogP contribution is 2.27. The lowest BCUT2D eigenvalue weighted by molar-refractivity contribution is 0.0526. The summed E-state index contributed by atoms with van der Waals surface area (Å²) >= 11 is 0. The zero-order valence-electron chi connectivity index (χ0n) is 19.6. The highest BCUT2D eigenvalue weighted by atomic mass is 16.5. The number of carbonyl (C=O) groups is 1. The van der Waals surface area contributed by atoms with E-state index in [1.54, 1.807) is 46.8 Å². The molecule has 0 fully saturated rings. The lowest BCUT2D eigenvalue weighted by Gasteiger charge is -2.09. The Labute approximate surface area is 201 Å². The Morgan fingerprint density at radius 2 is 2.14 bits per heavy atom. The number of ether oxygens (including phenoxy) is 1. The van der Waals surface area contributed by atoms with Gasteiger partial charge in [-0.2, -0.15) is 5.10 Å². The molecule has 0 N–H and O–H groups in total. The number of esters is 1. The van der Waals surface area contributed by atoms with Crippen molar-refractivity contribution >= 4 is 23.3 Å². The number of fused-ring (bicyclic) bond motifs is 3. The molecular weight excluding hydrogens is 444 g/mol. The quantitative estimate of drug-likeness (QED) is 0.320. The minimum absolute atomic E-state index is 0.0393. The molecule has 0 aliphatic carbocycles. The first-order chi connectivity index (χ1) is 17.1. The topological polar surface area (TPSA) is 95.8 Å². The van der Waals surface area contributed by atoms with Crippen LogP contribution in [0.4, 0.5) is 5.82 Å². The zero-order chi connectivity index (χ0) is 24.4. The minimum Gasteiger partial charge on any atom is -0.462 e. The molecule has 0 spiro atoms. The summed E-state index contributed by atoms with van der Waals surface area (Å²) in [5.74, 6) is 7.03. The van der Waals surface area contributed by atoms with Gasteiger partial charge in [0.05, 0.1) is 29.6 Å². The minimum atomic E-state index is -0.361. The van der Waals surface area contributed by atoms with Gasteiger partial charge in [0.15, 0.2) is 0 Å². The molecule has 0 saturated carbocycles. The van der Waals surface area contributed by atoms with Gasteiger partial charge < -0.3 is 4.74 Å². The summed E-state index contributed by atoms with van der Waals surface area (Å²) < 4.78 is 10.4. The Hall–Kier alpha value is -4.45. The Kier molecular flexibility index (Phi) is 6.02. The van der Waals surface area contributed by atoms with E-state index in [1.165, 1.54) is 0 Å². The average molecular weight is 469 g/mol. The van der Waals surface area contributed by atoms with Crippen molar-refractivity contribution in [3.63, 3.8) is 0 Å². The van der Waals surface area contributed by atoms with E-state index in [9.17, 15) is 9.59 Å². The van der Waals surface area contributed by atoms with Crippen LogP contribution in [0.15, 0.2) is 58.8 Å². The maximum atomic E-state index is 13.1. The molecule has 1 aromatic carbocycles. The van der Waals surface area contributed by atoms with E-state index in [0.717, 1.165) is 23.3 Å². The molecule has 9 nitrogen and oxygen atoms in total. The van der Waals surface area contributed by atoms with Gasteiger partial charge >= 0.3 is 5.97 Å². The van der Waals surface area contributed by atoms with Crippen LogP contribution in [-0.2, 0) is 24.2 Å². The molecule has 35 heavy (non-hydrogen) atoms. The smallest absolute Gasteiger partial charge is 0.338 e. The molecule has 0 amide bonds. The SMILES string of the molecule is CCCn1c(=O)c2c(n3ccnc13)N=C(c1cnn(CC#Cc3cccc(C(=O)OCC)c3)c1)C2. The predicted octanol–water partition coefficient (Wildman–Crippen LogP) is 3.01. The predicted molar refractivity (Wildman–Crippen MR) is 131 cm³/mol. The van der Waals surface area contributed by atoms with Crippen LogP contribution in [0.5, 0.6) is 0 Å². The van der Waals surface area contributed by atoms with E-state index < -0.39 is 0 Å². The van der Waals surface area contributed by atoms with Crippen molar-refractivity contribution < 1.29 is 9.53 Å². The fourth-order valence-electron chi connectivity index (χ4n) is 4.12. The third-order valence-corrected chi connectivity index (χ3v) is 5.71. The van der Waals surface area contributed by atoms with Crippen molar-refractivity contribution in [3.8, 4) is 11.8 Å². The van der Waals surface area contributed by atoms with Crippen molar-refractivity contribution in [2.45, 2.75) is 39.8 Å². The van der Waals surface area contributed by atoms with Crippen LogP contribution in [0.2, 0.25) is 0 Å². The fourth-order valence-corrected chi connectivity index (χ4v) is 4.12. The summed E-state index contributed by atoms with van der Waals surface area (Å²) in [5.41, 5.74) is 3.48. The molecular formula is C26H24N6O3. The number of aromatic nitrogens is 5. The second-order valence-electron chi connectivity index (χ2n) is 8.12. The van der Waals surface area contributed by atoms with Crippen molar-refractivity contribution in [1.82, 2.24) is 23.7 Å². The van der Waals surface area contributed by atoms with Crippen molar-refractivity contribution in [1.29, 1.82) is 0 Å². The van der Waals surface area contributed by atoms with Crippen molar-refractivity contribution in [3.05, 3.63) is 81.7 Å². The monoisotopic (exact) mass is 468 g/mol. The molecule has 0 saturated heterocycles. The number of aliphatic imine (C=N–C) groups is 1. The Balaban J connectivity index is 1.34. The Morgan fingerprint density at radius 3 is 2.97 bits per heavy atom. The maximum absolute atomic E-state index is 13.1. The van der Waals surface area contributed by atoms with E-state index in [2.05, 4.69) is 21.9 Å². The maximum Gasteiger partial charge on any atom is 0.338 e. The summed E-state index contributed by atoms with van der Waals surface area (Å²) in [6.45, 7) is 5.13. The lowest BCUT2D eigenvalue weighted by atomic mass is 10.1. The number of aryl methyl sites for hydroxylation is 1. The largest absolute Gasteiger partial charge is 0.462 e. The van der Waals surface area contributed by atoms with Gasteiger partial charge in [-0.1, -0.05) is 24.8 Å². The zero-order valence-corrected chi connectivity index (χ0v) is 19.6. The van der Waals surface area contributed by atoms with Gasteiger partial charge in [0.25, 0.3) is 5.56 Å². The van der Waals surface area contributed by atoms with Gasteiger partial charge in [0.1, 0.15) is 12.4 Å². The van der Waals surface area contributed by atoms with Crippen LogP contribution >= 0.6 is 0 Å². The van der Waals surface area contributed by atoms with Gasteiger partial charge in [-0.3, -0.25) is 18.4 Å². The van der Waals surface area contributed by atoms with Crippen molar-refractivity contribution in [2.24, 2.45) is 4.99 Å². The highest BCUT2D eigenvalue weighted by molar-refractivity contribution is 6.05. The molecule has 176 valence electrons. The van der Waals surface area contributed by atoms with Crippen LogP contribution < -0.4 is 5.56 Å². The summed E-state index contributed by atoms with van der Waals surface area (Å²) in [7, 11) is 0. The van der Waals surface area contributed by atoms with Crippen molar-refractivity contribution in [2.75, 3.05) is 6.61 Å². The molecule has 5 rings (SSSR count). The number of benzene rings is 1. The molecule has 0 bridgehead atoms. The van der Waals surface area contributed by atoms with E-state index in [0.29, 0.717) is 48.8 Å². The molecule has 1 aliphatic heterocycles. The molecule has 0 unspecified atom stereocenters. The van der Waals surface area contributed by atoms with E-state index in [1.807, 2.05) is 29.8 Å². The first-order valence-electron chi connectivity index (χ1n) is 11.5. The van der Waals surface area contributed by atoms with E-state index >= 15 is 0 Å². The number of nitrogens with zero attached hydrogens (tertiary/aromatic N) is 6. The van der Waals surface area contributed by atoms with Gasteiger partial charge in [-0.05, 0) is 31.5 Å². The molecule has 3 aromatic heterocycles. The normalized spacial score (nSPS) is 12.2. The number of carbonyl (C=O) groups excluding carboxylic acids is 1. The standard InChI is InChI=1S/C26H24N6O3/c1-3-11-32-24(33)21-15-22(29-23(21)31-13-10-27-26(31)32)20-16-28-30(17-20)12-6-8-18-7-5-9-19(14-18)25(34)35-4-2/h5,7,9-10,13-14,16-17H,3-4,11-12,15H2,1-2H3. The molecule has 1 aliphatic rings. The molecule has 4 aromatic rings. The van der Waals surface area contributed by atoms with Crippen LogP contribution in [0, 0.1) is 11.8 Å². The number of hydrogen-bond acceptors (Lipinski definition) is 6. The van der Waals surface area contributed by atoms with Crippen LogP contribution in [0.25, 0.3) is 5.78 Å². The summed E-state index contributed by atoms with van der Waals surface area (Å²) in [6, 6.07) is 7.05. The Morgan fingerprint density at radius 1 is 1.26 bits per heavy atom. The van der Waals surface area contributed by atoms with Gasteiger partial charge in [0.2, 0.25) is 5.78 Å². The summed E-state index contributed by atoms with van der Waals surface area (Å²) in [6.07, 6.45) is 8.43. The third kappa shape index (κ3) is 4.26.